The summed E-state index contributed by atoms with van der Waals surface area (Å²) in [7, 11) is 0. The van der Waals surface area contributed by atoms with E-state index < -0.39 is 35.4 Å². The van der Waals surface area contributed by atoms with Crippen molar-refractivity contribution in [2.24, 2.45) is 0 Å². The normalized spacial score (nSPS) is 11.6. The summed E-state index contributed by atoms with van der Waals surface area (Å²) in [6, 6.07) is 12.9. The topological polar surface area (TPSA) is 85.3 Å². The Kier molecular flexibility index (Phi) is 6.53. The first kappa shape index (κ1) is 24.6. The molecule has 0 atom stereocenters. The van der Waals surface area contributed by atoms with Crippen molar-refractivity contribution in [3.63, 3.8) is 0 Å². The van der Waals surface area contributed by atoms with Crippen LogP contribution >= 0.6 is 23.2 Å². The van der Waals surface area contributed by atoms with Gasteiger partial charge < -0.3 is 15.5 Å². The molecule has 0 radical (unpaired) electrons. The maximum Gasteiger partial charge on any atom is 0.418 e. The van der Waals surface area contributed by atoms with Gasteiger partial charge in [0.15, 0.2) is 0 Å². The number of nitrogen functional groups attached to an aromatic ring is 1. The molecule has 4 aromatic rings. The zero-order valence-electron chi connectivity index (χ0n) is 18.1. The first-order valence-electron chi connectivity index (χ1n) is 10.2. The lowest BCUT2D eigenvalue weighted by Gasteiger charge is -2.16. The molecule has 35 heavy (non-hydrogen) atoms. The second-order valence-corrected chi connectivity index (χ2v) is 8.72. The predicted molar refractivity (Wildman–Crippen MR) is 131 cm³/mol. The maximum absolute atomic E-state index is 13.4. The third kappa shape index (κ3) is 5.13. The Morgan fingerprint density at radius 1 is 1.09 bits per heavy atom. The molecule has 3 N–H and O–H groups in total. The van der Waals surface area contributed by atoms with E-state index in [9.17, 15) is 22.8 Å². The molecule has 0 aliphatic carbocycles. The van der Waals surface area contributed by atoms with Crippen LogP contribution < -0.4 is 16.7 Å². The van der Waals surface area contributed by atoms with Gasteiger partial charge in [0.25, 0.3) is 0 Å². The molecule has 180 valence electrons. The van der Waals surface area contributed by atoms with E-state index in [1.165, 1.54) is 12.1 Å². The van der Waals surface area contributed by atoms with E-state index in [2.05, 4.69) is 5.32 Å². The number of halogens is 5. The standard InChI is InChI=1S/C25H17Cl2F3N2O3/c1-12-7-16-21(11-19(12)27)35-24(34)17(23(16)13-3-2-4-15(31)8-13)10-22(33)32-20-6-5-14(26)9-18(20)25(28,29)30/h2-9,11H,10,31H2,1H3,(H,32,33). The number of carbonyl (C=O) groups is 1. The number of benzene rings is 3. The van der Waals surface area contributed by atoms with Gasteiger partial charge in [-0.25, -0.2) is 4.79 Å². The van der Waals surface area contributed by atoms with Crippen LogP contribution in [0.4, 0.5) is 24.5 Å². The summed E-state index contributed by atoms with van der Waals surface area (Å²) in [5.41, 5.74) is 5.72. The highest BCUT2D eigenvalue weighted by Gasteiger charge is 2.34. The number of carbonyl (C=O) groups excluding carboxylic acids is 1. The summed E-state index contributed by atoms with van der Waals surface area (Å²) in [5.74, 6) is -0.847. The third-order valence-electron chi connectivity index (χ3n) is 5.35. The van der Waals surface area contributed by atoms with Crippen LogP contribution in [0.1, 0.15) is 16.7 Å². The molecule has 0 aliphatic rings. The fourth-order valence-electron chi connectivity index (χ4n) is 3.77. The van der Waals surface area contributed by atoms with Crippen LogP contribution in [0.25, 0.3) is 22.1 Å². The number of fused-ring (bicyclic) bond motifs is 1. The molecule has 3 aromatic carbocycles. The number of amides is 1. The molecule has 1 heterocycles. The van der Waals surface area contributed by atoms with Gasteiger partial charge in [-0.1, -0.05) is 35.3 Å². The van der Waals surface area contributed by atoms with Gasteiger partial charge >= 0.3 is 11.8 Å². The summed E-state index contributed by atoms with van der Waals surface area (Å²) in [6.07, 6.45) is -5.30. The van der Waals surface area contributed by atoms with E-state index in [0.717, 1.165) is 6.07 Å². The summed E-state index contributed by atoms with van der Waals surface area (Å²) < 4.78 is 45.7. The van der Waals surface area contributed by atoms with Crippen molar-refractivity contribution in [3.05, 3.63) is 91.8 Å². The minimum absolute atomic E-state index is 0.0372. The Hall–Kier alpha value is -3.49. The minimum atomic E-state index is -4.75. The second kappa shape index (κ2) is 9.28. The summed E-state index contributed by atoms with van der Waals surface area (Å²) in [5, 5.41) is 2.98. The van der Waals surface area contributed by atoms with Crippen LogP contribution in [0.5, 0.6) is 0 Å². The van der Waals surface area contributed by atoms with E-state index in [0.29, 0.717) is 38.9 Å². The summed E-state index contributed by atoms with van der Waals surface area (Å²) in [6.45, 7) is 1.77. The van der Waals surface area contributed by atoms with Crippen molar-refractivity contribution in [2.75, 3.05) is 11.1 Å². The summed E-state index contributed by atoms with van der Waals surface area (Å²) in [4.78, 5) is 25.8. The summed E-state index contributed by atoms with van der Waals surface area (Å²) >= 11 is 11.9. The highest BCUT2D eigenvalue weighted by atomic mass is 35.5. The molecule has 0 spiro atoms. The zero-order chi connectivity index (χ0) is 25.5. The quantitative estimate of drug-likeness (QED) is 0.227. The Bertz CT molecular complexity index is 1530. The number of alkyl halides is 3. The lowest BCUT2D eigenvalue weighted by atomic mass is 9.94. The van der Waals surface area contributed by atoms with Gasteiger partial charge in [0.2, 0.25) is 5.91 Å². The van der Waals surface area contributed by atoms with Crippen molar-refractivity contribution in [1.29, 1.82) is 0 Å². The fraction of sp³-hybridized carbons (Fsp3) is 0.120. The van der Waals surface area contributed by atoms with Crippen LogP contribution in [0.15, 0.2) is 63.8 Å². The van der Waals surface area contributed by atoms with Gasteiger partial charge in [-0.2, -0.15) is 13.2 Å². The fourth-order valence-corrected chi connectivity index (χ4v) is 4.09. The second-order valence-electron chi connectivity index (χ2n) is 7.88. The minimum Gasteiger partial charge on any atom is -0.422 e. The largest absolute Gasteiger partial charge is 0.422 e. The van der Waals surface area contributed by atoms with Crippen LogP contribution in [0.3, 0.4) is 0 Å². The van der Waals surface area contributed by atoms with Crippen LogP contribution in [-0.2, 0) is 17.4 Å². The highest BCUT2D eigenvalue weighted by molar-refractivity contribution is 6.32. The number of nitrogens with two attached hydrogens (primary N) is 1. The lowest BCUT2D eigenvalue weighted by Crippen LogP contribution is -2.22. The zero-order valence-corrected chi connectivity index (χ0v) is 19.6. The maximum atomic E-state index is 13.4. The molecule has 0 bridgehead atoms. The molecule has 0 saturated carbocycles. The average molecular weight is 521 g/mol. The molecule has 1 amide bonds. The molecule has 10 heteroatoms. The molecule has 0 fully saturated rings. The third-order valence-corrected chi connectivity index (χ3v) is 6.00. The van der Waals surface area contributed by atoms with E-state index in [1.54, 1.807) is 37.3 Å². The van der Waals surface area contributed by atoms with Crippen LogP contribution in [-0.4, -0.2) is 5.91 Å². The number of nitrogens with one attached hydrogen (secondary N) is 1. The van der Waals surface area contributed by atoms with Crippen LogP contribution in [0.2, 0.25) is 10.0 Å². The van der Waals surface area contributed by atoms with Crippen molar-refractivity contribution in [2.45, 2.75) is 19.5 Å². The van der Waals surface area contributed by atoms with Crippen molar-refractivity contribution >= 4 is 51.5 Å². The van der Waals surface area contributed by atoms with Gasteiger partial charge in [0.1, 0.15) is 5.58 Å². The van der Waals surface area contributed by atoms with Gasteiger partial charge in [-0.05, 0) is 54.4 Å². The Morgan fingerprint density at radius 2 is 1.83 bits per heavy atom. The van der Waals surface area contributed by atoms with Gasteiger partial charge in [-0.15, -0.1) is 0 Å². The Labute approximate surface area is 207 Å². The smallest absolute Gasteiger partial charge is 0.418 e. The molecular weight excluding hydrogens is 504 g/mol. The van der Waals surface area contributed by atoms with Crippen molar-refractivity contribution in [3.8, 4) is 11.1 Å². The number of anilines is 2. The first-order chi connectivity index (χ1) is 16.4. The molecule has 5 nitrogen and oxygen atoms in total. The number of aryl methyl sites for hydroxylation is 1. The SMILES string of the molecule is Cc1cc2c(-c3cccc(N)c3)c(CC(=O)Nc3ccc(Cl)cc3C(F)(F)F)c(=O)oc2cc1Cl. The number of hydrogen-bond acceptors (Lipinski definition) is 4. The van der Waals surface area contributed by atoms with Crippen molar-refractivity contribution < 1.29 is 22.4 Å². The number of hydrogen-bond donors (Lipinski definition) is 2. The van der Waals surface area contributed by atoms with Gasteiger partial charge in [0, 0.05) is 32.7 Å². The molecule has 0 aliphatic heterocycles. The predicted octanol–water partition coefficient (Wildman–Crippen LogP) is 6.86. The monoisotopic (exact) mass is 520 g/mol. The molecule has 0 saturated heterocycles. The van der Waals surface area contributed by atoms with Crippen molar-refractivity contribution in [1.82, 2.24) is 0 Å². The Balaban J connectivity index is 1.84. The first-order valence-corrected chi connectivity index (χ1v) is 11.0. The molecule has 0 unspecified atom stereocenters. The van der Waals surface area contributed by atoms with Gasteiger partial charge in [-0.3, -0.25) is 4.79 Å². The molecular formula is C25H17Cl2F3N2O3. The van der Waals surface area contributed by atoms with E-state index in [-0.39, 0.29) is 16.2 Å². The van der Waals surface area contributed by atoms with Crippen LogP contribution in [0, 0.1) is 6.92 Å². The van der Waals surface area contributed by atoms with Gasteiger partial charge in [0.05, 0.1) is 23.2 Å². The average Bonchev–Trinajstić information content (AvgIpc) is 2.76. The highest BCUT2D eigenvalue weighted by Crippen LogP contribution is 2.37. The Morgan fingerprint density at radius 3 is 2.51 bits per heavy atom. The molecule has 1 aromatic heterocycles. The van der Waals surface area contributed by atoms with E-state index in [4.69, 9.17) is 33.4 Å². The molecule has 4 rings (SSSR count). The van der Waals surface area contributed by atoms with E-state index in [1.807, 2.05) is 0 Å². The lowest BCUT2D eigenvalue weighted by molar-refractivity contribution is -0.137. The van der Waals surface area contributed by atoms with E-state index >= 15 is 0 Å². The number of rotatable bonds is 4.